The number of rotatable bonds is 3. The number of thiol groups is 1. The number of hydrogen-bond donors (Lipinski definition) is 3. The number of aromatic nitrogens is 2. The van der Waals surface area contributed by atoms with Gasteiger partial charge in [0.2, 0.25) is 5.88 Å². The van der Waals surface area contributed by atoms with E-state index in [0.717, 1.165) is 6.42 Å². The van der Waals surface area contributed by atoms with E-state index in [-0.39, 0.29) is 11.6 Å². The van der Waals surface area contributed by atoms with Crippen LogP contribution in [0.5, 0.6) is 5.88 Å². The topological polar surface area (TPSA) is 58.0 Å². The van der Waals surface area contributed by atoms with Crippen molar-refractivity contribution >= 4 is 12.6 Å². The largest absolute Gasteiger partial charge is 0.493 e. The van der Waals surface area contributed by atoms with Crippen LogP contribution >= 0.6 is 12.6 Å². The molecule has 0 amide bonds. The van der Waals surface area contributed by atoms with Gasteiger partial charge >= 0.3 is 5.69 Å². The molecule has 0 saturated carbocycles. The molecule has 2 N–H and O–H groups in total. The minimum absolute atomic E-state index is 0.0110. The van der Waals surface area contributed by atoms with Crippen LogP contribution in [-0.2, 0) is 12.3 Å². The maximum absolute atomic E-state index is 11.1. The SMILES string of the molecule is CCCn1c(O)c(CS)[nH]c1=O. The molecule has 1 aromatic heterocycles. The van der Waals surface area contributed by atoms with E-state index in [2.05, 4.69) is 17.6 Å². The zero-order valence-corrected chi connectivity index (χ0v) is 7.77. The van der Waals surface area contributed by atoms with E-state index < -0.39 is 0 Å². The molecular weight excluding hydrogens is 176 g/mol. The van der Waals surface area contributed by atoms with Gasteiger partial charge in [0.05, 0.1) is 5.69 Å². The Bertz CT molecular complexity index is 316. The van der Waals surface area contributed by atoms with Gasteiger partial charge in [-0.15, -0.1) is 0 Å². The van der Waals surface area contributed by atoms with Crippen LogP contribution in [0.15, 0.2) is 4.79 Å². The van der Waals surface area contributed by atoms with E-state index in [9.17, 15) is 9.90 Å². The number of imidazole rings is 1. The van der Waals surface area contributed by atoms with Crippen molar-refractivity contribution in [2.45, 2.75) is 25.6 Å². The summed E-state index contributed by atoms with van der Waals surface area (Å²) in [5.74, 6) is 0.356. The van der Waals surface area contributed by atoms with Gasteiger partial charge in [0.25, 0.3) is 0 Å². The van der Waals surface area contributed by atoms with Crippen LogP contribution in [0.4, 0.5) is 0 Å². The Morgan fingerprint density at radius 3 is 2.75 bits per heavy atom. The third-order valence-electron chi connectivity index (χ3n) is 1.63. The molecule has 0 aliphatic heterocycles. The van der Waals surface area contributed by atoms with Gasteiger partial charge < -0.3 is 10.1 Å². The van der Waals surface area contributed by atoms with Crippen LogP contribution in [0.2, 0.25) is 0 Å². The molecule has 1 aromatic rings. The molecule has 68 valence electrons. The number of H-pyrrole nitrogens is 1. The second kappa shape index (κ2) is 3.71. The van der Waals surface area contributed by atoms with Gasteiger partial charge in [-0.05, 0) is 6.42 Å². The van der Waals surface area contributed by atoms with Gasteiger partial charge in [0, 0.05) is 12.3 Å². The number of aromatic hydroxyl groups is 1. The van der Waals surface area contributed by atoms with Crippen LogP contribution in [0.25, 0.3) is 0 Å². The summed E-state index contributed by atoms with van der Waals surface area (Å²) in [6.45, 7) is 2.48. The van der Waals surface area contributed by atoms with Gasteiger partial charge in [-0.2, -0.15) is 12.6 Å². The predicted molar refractivity (Wildman–Crippen MR) is 49.7 cm³/mol. The lowest BCUT2D eigenvalue weighted by molar-refractivity contribution is 0.408. The van der Waals surface area contributed by atoms with Crippen LogP contribution in [0, 0.1) is 0 Å². The zero-order chi connectivity index (χ0) is 9.14. The number of nitrogens with zero attached hydrogens (tertiary/aromatic N) is 1. The highest BCUT2D eigenvalue weighted by atomic mass is 32.1. The van der Waals surface area contributed by atoms with Gasteiger partial charge in [-0.3, -0.25) is 4.57 Å². The quantitative estimate of drug-likeness (QED) is 0.612. The summed E-state index contributed by atoms with van der Waals surface area (Å²) < 4.78 is 1.31. The molecule has 0 radical (unpaired) electrons. The molecule has 1 rings (SSSR count). The van der Waals surface area contributed by atoms with E-state index in [1.165, 1.54) is 4.57 Å². The van der Waals surface area contributed by atoms with Gasteiger partial charge in [0.15, 0.2) is 0 Å². The van der Waals surface area contributed by atoms with Gasteiger partial charge in [0.1, 0.15) is 0 Å². The van der Waals surface area contributed by atoms with Crippen molar-refractivity contribution in [2.24, 2.45) is 0 Å². The average Bonchev–Trinajstić information content (AvgIpc) is 2.32. The predicted octanol–water partition coefficient (Wildman–Crippen LogP) is 0.722. The highest BCUT2D eigenvalue weighted by molar-refractivity contribution is 7.79. The zero-order valence-electron chi connectivity index (χ0n) is 6.87. The summed E-state index contributed by atoms with van der Waals surface area (Å²) in [4.78, 5) is 13.7. The first-order chi connectivity index (χ1) is 5.70. The van der Waals surface area contributed by atoms with Crippen molar-refractivity contribution in [3.63, 3.8) is 0 Å². The van der Waals surface area contributed by atoms with E-state index >= 15 is 0 Å². The van der Waals surface area contributed by atoms with Crippen molar-refractivity contribution in [2.75, 3.05) is 0 Å². The van der Waals surface area contributed by atoms with Gasteiger partial charge in [-0.1, -0.05) is 6.92 Å². The number of aromatic amines is 1. The second-order valence-corrected chi connectivity index (χ2v) is 2.86. The Kier molecular flexibility index (Phi) is 2.86. The molecule has 0 aromatic carbocycles. The van der Waals surface area contributed by atoms with E-state index in [1.807, 2.05) is 6.92 Å². The van der Waals surface area contributed by atoms with Crippen molar-refractivity contribution in [1.29, 1.82) is 0 Å². The Hall–Kier alpha value is -0.840. The maximum atomic E-state index is 11.1. The van der Waals surface area contributed by atoms with Gasteiger partial charge in [-0.25, -0.2) is 4.79 Å². The van der Waals surface area contributed by atoms with Crippen LogP contribution in [-0.4, -0.2) is 14.7 Å². The lowest BCUT2D eigenvalue weighted by Crippen LogP contribution is -2.15. The molecule has 0 spiro atoms. The fourth-order valence-corrected chi connectivity index (χ4v) is 1.27. The third kappa shape index (κ3) is 1.50. The fraction of sp³-hybridized carbons (Fsp3) is 0.571. The summed E-state index contributed by atoms with van der Waals surface area (Å²) in [5.41, 5.74) is 0.218. The molecule has 0 saturated heterocycles. The highest BCUT2D eigenvalue weighted by Gasteiger charge is 2.09. The second-order valence-electron chi connectivity index (χ2n) is 2.54. The molecule has 0 bridgehead atoms. The summed E-state index contributed by atoms with van der Waals surface area (Å²) in [6.07, 6.45) is 0.817. The van der Waals surface area contributed by atoms with E-state index in [1.54, 1.807) is 0 Å². The smallest absolute Gasteiger partial charge is 0.328 e. The summed E-state index contributed by atoms with van der Waals surface area (Å²) in [5, 5.41) is 9.42. The lowest BCUT2D eigenvalue weighted by Gasteiger charge is -1.99. The van der Waals surface area contributed by atoms with Crippen LogP contribution in [0.3, 0.4) is 0 Å². The van der Waals surface area contributed by atoms with Crippen molar-refractivity contribution in [1.82, 2.24) is 9.55 Å². The highest BCUT2D eigenvalue weighted by Crippen LogP contribution is 2.14. The van der Waals surface area contributed by atoms with Crippen LogP contribution < -0.4 is 5.69 Å². The minimum atomic E-state index is -0.265. The van der Waals surface area contributed by atoms with Crippen molar-refractivity contribution in [3.8, 4) is 5.88 Å². The van der Waals surface area contributed by atoms with E-state index in [4.69, 9.17) is 0 Å². The Balaban J connectivity index is 3.10. The molecule has 0 aliphatic rings. The Morgan fingerprint density at radius 1 is 1.67 bits per heavy atom. The molecule has 4 nitrogen and oxygen atoms in total. The fourth-order valence-electron chi connectivity index (χ4n) is 1.05. The third-order valence-corrected chi connectivity index (χ3v) is 1.95. The molecular formula is C7H12N2O2S. The molecule has 0 fully saturated rings. The molecule has 0 aliphatic carbocycles. The first-order valence-electron chi connectivity index (χ1n) is 3.82. The molecule has 1 heterocycles. The van der Waals surface area contributed by atoms with E-state index in [0.29, 0.717) is 18.0 Å². The minimum Gasteiger partial charge on any atom is -0.493 e. The maximum Gasteiger partial charge on any atom is 0.328 e. The molecule has 0 atom stereocenters. The normalized spacial score (nSPS) is 10.5. The Morgan fingerprint density at radius 2 is 2.33 bits per heavy atom. The monoisotopic (exact) mass is 188 g/mol. The Labute approximate surface area is 75.6 Å². The lowest BCUT2D eigenvalue weighted by atomic mass is 10.4. The molecule has 5 heteroatoms. The van der Waals surface area contributed by atoms with Crippen LogP contribution in [0.1, 0.15) is 19.0 Å². The first kappa shape index (κ1) is 9.25. The summed E-state index contributed by atoms with van der Waals surface area (Å²) in [7, 11) is 0. The first-order valence-corrected chi connectivity index (χ1v) is 4.45. The average molecular weight is 188 g/mol. The number of nitrogens with one attached hydrogen (secondary N) is 1. The summed E-state index contributed by atoms with van der Waals surface area (Å²) in [6, 6.07) is 0. The standard InChI is InChI=1S/C7H12N2O2S/c1-2-3-9-6(10)5(4-12)8-7(9)11/h10,12H,2-4H2,1H3,(H,8,11). The molecule has 0 unspecified atom stereocenters. The summed E-state index contributed by atoms with van der Waals surface area (Å²) >= 11 is 3.97. The molecule has 12 heavy (non-hydrogen) atoms. The number of hydrogen-bond acceptors (Lipinski definition) is 3. The van der Waals surface area contributed by atoms with Crippen molar-refractivity contribution < 1.29 is 5.11 Å². The van der Waals surface area contributed by atoms with Crippen molar-refractivity contribution in [3.05, 3.63) is 16.2 Å².